The molecule has 3 aromatic rings. The van der Waals surface area contributed by atoms with E-state index in [9.17, 15) is 14.4 Å². The van der Waals surface area contributed by atoms with Gasteiger partial charge in [-0.05, 0) is 54.7 Å². The SMILES string of the molecule is CC(C)c1ccc(NC(=O)C[C@H]2CC[C@H]3[C@@H](COc4ccc(NC(=O)c5ccno5)cc4C(=O)N3C)O2)cc1. The van der Waals surface area contributed by atoms with Gasteiger partial charge in [0.05, 0.1) is 30.3 Å². The van der Waals surface area contributed by atoms with Crippen molar-refractivity contribution in [2.75, 3.05) is 24.3 Å². The van der Waals surface area contributed by atoms with E-state index in [-0.39, 0.29) is 48.9 Å². The normalized spacial score (nSPS) is 20.8. The molecule has 0 radical (unpaired) electrons. The molecule has 204 valence electrons. The van der Waals surface area contributed by atoms with E-state index in [1.54, 1.807) is 30.1 Å². The molecule has 0 bridgehead atoms. The fraction of sp³-hybridized carbons (Fsp3) is 0.379. The fourth-order valence-electron chi connectivity index (χ4n) is 5.00. The first-order chi connectivity index (χ1) is 18.8. The number of aromatic nitrogens is 1. The lowest BCUT2D eigenvalue weighted by Crippen LogP contribution is -2.53. The van der Waals surface area contributed by atoms with Crippen LogP contribution in [-0.4, -0.2) is 59.7 Å². The number of anilines is 2. The van der Waals surface area contributed by atoms with Crippen molar-refractivity contribution >= 4 is 29.1 Å². The van der Waals surface area contributed by atoms with Gasteiger partial charge in [0.25, 0.3) is 11.8 Å². The molecule has 0 unspecified atom stereocenters. The first-order valence-corrected chi connectivity index (χ1v) is 13.1. The predicted molar refractivity (Wildman–Crippen MR) is 144 cm³/mol. The fourth-order valence-corrected chi connectivity index (χ4v) is 5.00. The highest BCUT2D eigenvalue weighted by molar-refractivity contribution is 6.04. The van der Waals surface area contributed by atoms with Crippen molar-refractivity contribution in [3.63, 3.8) is 0 Å². The zero-order chi connectivity index (χ0) is 27.5. The molecule has 1 fully saturated rings. The molecule has 3 atom stereocenters. The van der Waals surface area contributed by atoms with Gasteiger partial charge < -0.3 is 29.5 Å². The van der Waals surface area contributed by atoms with E-state index in [0.29, 0.717) is 35.8 Å². The summed E-state index contributed by atoms with van der Waals surface area (Å²) in [4.78, 5) is 40.1. The molecule has 3 heterocycles. The number of nitrogens with zero attached hydrogens (tertiary/aromatic N) is 2. The first kappa shape index (κ1) is 26.4. The van der Waals surface area contributed by atoms with Gasteiger partial charge in [-0.3, -0.25) is 14.4 Å². The number of rotatable bonds is 6. The lowest BCUT2D eigenvalue weighted by Gasteiger charge is -2.42. The first-order valence-electron chi connectivity index (χ1n) is 13.1. The Morgan fingerprint density at radius 3 is 2.54 bits per heavy atom. The zero-order valence-electron chi connectivity index (χ0n) is 22.2. The maximum absolute atomic E-state index is 13.4. The number of fused-ring (bicyclic) bond motifs is 2. The number of benzene rings is 2. The summed E-state index contributed by atoms with van der Waals surface area (Å²) < 4.78 is 17.2. The summed E-state index contributed by atoms with van der Waals surface area (Å²) in [5.41, 5.74) is 2.75. The Morgan fingerprint density at radius 2 is 1.82 bits per heavy atom. The highest BCUT2D eigenvalue weighted by Gasteiger charge is 2.39. The Labute approximate surface area is 226 Å². The number of ether oxygens (including phenoxy) is 2. The van der Waals surface area contributed by atoms with E-state index in [1.807, 2.05) is 24.3 Å². The van der Waals surface area contributed by atoms with Crippen LogP contribution in [0, 0.1) is 0 Å². The van der Waals surface area contributed by atoms with Crippen molar-refractivity contribution in [2.45, 2.75) is 57.3 Å². The molecule has 10 heteroatoms. The van der Waals surface area contributed by atoms with Gasteiger partial charge in [-0.25, -0.2) is 0 Å². The number of hydrogen-bond acceptors (Lipinski definition) is 7. The summed E-state index contributed by atoms with van der Waals surface area (Å²) in [5.74, 6) is 0.0715. The van der Waals surface area contributed by atoms with Crippen molar-refractivity contribution in [2.24, 2.45) is 0 Å². The van der Waals surface area contributed by atoms with E-state index in [1.165, 1.54) is 17.8 Å². The van der Waals surface area contributed by atoms with Crippen LogP contribution < -0.4 is 15.4 Å². The monoisotopic (exact) mass is 532 g/mol. The van der Waals surface area contributed by atoms with Gasteiger partial charge in [0.15, 0.2) is 0 Å². The third-order valence-corrected chi connectivity index (χ3v) is 7.21. The third-order valence-electron chi connectivity index (χ3n) is 7.21. The molecule has 2 aliphatic rings. The van der Waals surface area contributed by atoms with E-state index >= 15 is 0 Å². The van der Waals surface area contributed by atoms with Gasteiger partial charge >= 0.3 is 0 Å². The average molecular weight is 533 g/mol. The van der Waals surface area contributed by atoms with Gasteiger partial charge in [0.1, 0.15) is 18.5 Å². The number of amides is 3. The minimum absolute atomic E-state index is 0.0657. The second-order valence-corrected chi connectivity index (χ2v) is 10.2. The summed E-state index contributed by atoms with van der Waals surface area (Å²) in [6.07, 6.45) is 2.26. The molecular formula is C29H32N4O6. The quantitative estimate of drug-likeness (QED) is 0.481. The molecular weight excluding hydrogens is 500 g/mol. The predicted octanol–water partition coefficient (Wildman–Crippen LogP) is 4.46. The standard InChI is InChI=1S/C29H32N4O6/c1-17(2)18-4-6-19(7-5-18)31-27(34)15-21-9-10-23-26(38-21)16-37-24-11-8-20(14-22(24)29(36)33(23)3)32-28(35)25-12-13-30-39-25/h4-8,11-14,17,21,23,26H,9-10,15-16H2,1-3H3,(H,31,34)(H,32,35)/t21-,23+,26-/m1/s1. The molecule has 2 N–H and O–H groups in total. The van der Waals surface area contributed by atoms with Gasteiger partial charge in [-0.1, -0.05) is 31.1 Å². The van der Waals surface area contributed by atoms with Crippen molar-refractivity contribution in [1.82, 2.24) is 10.1 Å². The molecule has 1 aromatic heterocycles. The summed E-state index contributed by atoms with van der Waals surface area (Å²) >= 11 is 0. The second-order valence-electron chi connectivity index (χ2n) is 10.2. The molecule has 3 amide bonds. The molecule has 1 saturated heterocycles. The van der Waals surface area contributed by atoms with E-state index < -0.39 is 5.91 Å². The minimum atomic E-state index is -0.469. The smallest absolute Gasteiger partial charge is 0.294 e. The summed E-state index contributed by atoms with van der Waals surface area (Å²) in [6.45, 7) is 4.49. The van der Waals surface area contributed by atoms with Crippen LogP contribution in [-0.2, 0) is 9.53 Å². The number of hydrogen-bond donors (Lipinski definition) is 2. The minimum Gasteiger partial charge on any atom is -0.490 e. The third kappa shape index (κ3) is 5.96. The Morgan fingerprint density at radius 1 is 1.05 bits per heavy atom. The zero-order valence-corrected chi connectivity index (χ0v) is 22.2. The lowest BCUT2D eigenvalue weighted by molar-refractivity contribution is -0.130. The average Bonchev–Trinajstić information content (AvgIpc) is 3.47. The van der Waals surface area contributed by atoms with Crippen LogP contribution >= 0.6 is 0 Å². The Kier molecular flexibility index (Phi) is 7.65. The van der Waals surface area contributed by atoms with Gasteiger partial charge in [0.2, 0.25) is 11.7 Å². The van der Waals surface area contributed by atoms with Crippen LogP contribution in [0.2, 0.25) is 0 Å². The van der Waals surface area contributed by atoms with E-state index in [4.69, 9.17) is 14.0 Å². The van der Waals surface area contributed by atoms with E-state index in [2.05, 4.69) is 29.6 Å². The second kappa shape index (κ2) is 11.3. The topological polar surface area (TPSA) is 123 Å². The van der Waals surface area contributed by atoms with Crippen LogP contribution in [0.15, 0.2) is 59.3 Å². The number of likely N-dealkylation sites (N-methyl/N-ethyl adjacent to an activating group) is 1. The van der Waals surface area contributed by atoms with Crippen molar-refractivity contribution in [3.8, 4) is 5.75 Å². The van der Waals surface area contributed by atoms with Crippen molar-refractivity contribution in [3.05, 3.63) is 71.6 Å². The maximum Gasteiger partial charge on any atom is 0.294 e. The molecule has 0 spiro atoms. The van der Waals surface area contributed by atoms with Crippen molar-refractivity contribution < 1.29 is 28.4 Å². The molecule has 10 nitrogen and oxygen atoms in total. The van der Waals surface area contributed by atoms with Crippen LogP contribution in [0.3, 0.4) is 0 Å². The number of nitrogens with one attached hydrogen (secondary N) is 2. The molecule has 5 rings (SSSR count). The van der Waals surface area contributed by atoms with Gasteiger partial charge in [-0.2, -0.15) is 0 Å². The molecule has 2 aromatic carbocycles. The molecule has 0 aliphatic carbocycles. The maximum atomic E-state index is 13.4. The number of carbonyl (C=O) groups is 3. The highest BCUT2D eigenvalue weighted by atomic mass is 16.5. The van der Waals surface area contributed by atoms with Crippen LogP contribution in [0.4, 0.5) is 11.4 Å². The van der Waals surface area contributed by atoms with Crippen LogP contribution in [0.1, 0.15) is 65.5 Å². The van der Waals surface area contributed by atoms with Crippen LogP contribution in [0.25, 0.3) is 0 Å². The highest BCUT2D eigenvalue weighted by Crippen LogP contribution is 2.33. The number of carbonyl (C=O) groups excluding carboxylic acids is 3. The summed E-state index contributed by atoms with van der Waals surface area (Å²) in [5, 5.41) is 9.20. The van der Waals surface area contributed by atoms with E-state index in [0.717, 1.165) is 5.69 Å². The lowest BCUT2D eigenvalue weighted by atomic mass is 9.94. The molecule has 39 heavy (non-hydrogen) atoms. The summed E-state index contributed by atoms with van der Waals surface area (Å²) in [7, 11) is 1.74. The molecule has 0 saturated carbocycles. The van der Waals surface area contributed by atoms with Crippen molar-refractivity contribution in [1.29, 1.82) is 0 Å². The summed E-state index contributed by atoms with van der Waals surface area (Å²) in [6, 6.07) is 14.0. The van der Waals surface area contributed by atoms with Gasteiger partial charge in [0, 0.05) is 24.5 Å². The Balaban J connectivity index is 1.22. The Bertz CT molecular complexity index is 1340. The molecule has 2 aliphatic heterocycles. The van der Waals surface area contributed by atoms with Gasteiger partial charge in [-0.15, -0.1) is 0 Å². The Hall–Kier alpha value is -4.18. The van der Waals surface area contributed by atoms with Crippen LogP contribution in [0.5, 0.6) is 5.75 Å². The largest absolute Gasteiger partial charge is 0.490 e.